The van der Waals surface area contributed by atoms with E-state index in [1.54, 1.807) is 0 Å². The standard InChI is InChI=1S/C11H21N3/c1-5-14-10(11(2,3)4)9(6-7-12)8-13-14/h8H,5-7,12H2,1-4H3. The molecule has 0 spiro atoms. The third kappa shape index (κ3) is 2.15. The van der Waals surface area contributed by atoms with E-state index >= 15 is 0 Å². The van der Waals surface area contributed by atoms with Gasteiger partial charge in [0, 0.05) is 17.7 Å². The highest BCUT2D eigenvalue weighted by Gasteiger charge is 2.22. The second-order valence-electron chi connectivity index (χ2n) is 4.62. The molecule has 0 amide bonds. The Bertz CT molecular complexity index is 294. The van der Waals surface area contributed by atoms with Crippen LogP contribution in [0.15, 0.2) is 6.20 Å². The molecular formula is C11H21N3. The summed E-state index contributed by atoms with van der Waals surface area (Å²) in [6.45, 7) is 10.4. The largest absolute Gasteiger partial charge is 0.330 e. The lowest BCUT2D eigenvalue weighted by molar-refractivity contribution is 0.493. The zero-order valence-electron chi connectivity index (χ0n) is 9.67. The number of aryl methyl sites for hydroxylation is 1. The quantitative estimate of drug-likeness (QED) is 0.797. The van der Waals surface area contributed by atoms with Crippen LogP contribution in [0, 0.1) is 0 Å². The van der Waals surface area contributed by atoms with Gasteiger partial charge in [-0.15, -0.1) is 0 Å². The Labute approximate surface area is 86.3 Å². The summed E-state index contributed by atoms with van der Waals surface area (Å²) in [4.78, 5) is 0. The first-order valence-electron chi connectivity index (χ1n) is 5.26. The molecule has 2 N–H and O–H groups in total. The van der Waals surface area contributed by atoms with Gasteiger partial charge in [-0.05, 0) is 25.5 Å². The van der Waals surface area contributed by atoms with Gasteiger partial charge in [0.25, 0.3) is 0 Å². The van der Waals surface area contributed by atoms with Gasteiger partial charge in [0.2, 0.25) is 0 Å². The van der Waals surface area contributed by atoms with Crippen LogP contribution in [0.1, 0.15) is 39.0 Å². The summed E-state index contributed by atoms with van der Waals surface area (Å²) in [6.07, 6.45) is 2.88. The summed E-state index contributed by atoms with van der Waals surface area (Å²) in [5, 5.41) is 4.38. The van der Waals surface area contributed by atoms with E-state index in [4.69, 9.17) is 5.73 Å². The van der Waals surface area contributed by atoms with Crippen molar-refractivity contribution in [3.8, 4) is 0 Å². The van der Waals surface area contributed by atoms with Crippen LogP contribution in [0.3, 0.4) is 0 Å². The number of hydrogen-bond acceptors (Lipinski definition) is 2. The van der Waals surface area contributed by atoms with E-state index in [1.165, 1.54) is 11.3 Å². The van der Waals surface area contributed by atoms with Gasteiger partial charge in [0.15, 0.2) is 0 Å². The normalized spacial score (nSPS) is 12.1. The van der Waals surface area contributed by atoms with Crippen LogP contribution >= 0.6 is 0 Å². The molecule has 3 heteroatoms. The molecule has 0 radical (unpaired) electrons. The molecule has 0 unspecified atom stereocenters. The maximum atomic E-state index is 5.59. The Balaban J connectivity index is 3.13. The van der Waals surface area contributed by atoms with Gasteiger partial charge < -0.3 is 5.73 Å². The SMILES string of the molecule is CCn1ncc(CCN)c1C(C)(C)C. The second-order valence-corrected chi connectivity index (χ2v) is 4.62. The van der Waals surface area contributed by atoms with Crippen molar-refractivity contribution in [3.05, 3.63) is 17.5 Å². The van der Waals surface area contributed by atoms with Crippen molar-refractivity contribution in [1.29, 1.82) is 0 Å². The lowest BCUT2D eigenvalue weighted by Gasteiger charge is -2.22. The molecule has 0 atom stereocenters. The van der Waals surface area contributed by atoms with E-state index in [0.29, 0.717) is 6.54 Å². The minimum absolute atomic E-state index is 0.150. The first kappa shape index (κ1) is 11.2. The monoisotopic (exact) mass is 195 g/mol. The van der Waals surface area contributed by atoms with Crippen LogP contribution < -0.4 is 5.73 Å². The fraction of sp³-hybridized carbons (Fsp3) is 0.727. The van der Waals surface area contributed by atoms with Crippen molar-refractivity contribution in [1.82, 2.24) is 9.78 Å². The number of rotatable bonds is 3. The summed E-state index contributed by atoms with van der Waals surface area (Å²) in [5.74, 6) is 0. The van der Waals surface area contributed by atoms with Gasteiger partial charge in [-0.1, -0.05) is 20.8 Å². The molecule has 0 aliphatic rings. The van der Waals surface area contributed by atoms with E-state index < -0.39 is 0 Å². The minimum Gasteiger partial charge on any atom is -0.330 e. The van der Waals surface area contributed by atoms with Crippen LogP contribution in [0.4, 0.5) is 0 Å². The molecule has 0 saturated heterocycles. The van der Waals surface area contributed by atoms with Crippen molar-refractivity contribution in [2.45, 2.75) is 46.1 Å². The van der Waals surface area contributed by atoms with Crippen molar-refractivity contribution >= 4 is 0 Å². The molecule has 0 saturated carbocycles. The third-order valence-corrected chi connectivity index (χ3v) is 2.34. The molecule has 0 fully saturated rings. The summed E-state index contributed by atoms with van der Waals surface area (Å²) in [6, 6.07) is 0. The van der Waals surface area contributed by atoms with Crippen LogP contribution in [-0.2, 0) is 18.4 Å². The predicted octanol–water partition coefficient (Wildman–Crippen LogP) is 1.70. The summed E-state index contributed by atoms with van der Waals surface area (Å²) in [7, 11) is 0. The number of nitrogens with zero attached hydrogens (tertiary/aromatic N) is 2. The Morgan fingerprint density at radius 1 is 1.43 bits per heavy atom. The first-order chi connectivity index (χ1) is 6.50. The predicted molar refractivity (Wildman–Crippen MR) is 59.4 cm³/mol. The molecule has 0 aliphatic carbocycles. The molecule has 80 valence electrons. The lowest BCUT2D eigenvalue weighted by Crippen LogP contribution is -2.20. The fourth-order valence-corrected chi connectivity index (χ4v) is 1.87. The molecule has 1 rings (SSSR count). The summed E-state index contributed by atoms with van der Waals surface area (Å²) in [5.41, 5.74) is 8.35. The number of nitrogens with two attached hydrogens (primary N) is 1. The van der Waals surface area contributed by atoms with Crippen molar-refractivity contribution in [2.24, 2.45) is 5.73 Å². The topological polar surface area (TPSA) is 43.8 Å². The van der Waals surface area contributed by atoms with Crippen molar-refractivity contribution in [3.63, 3.8) is 0 Å². The van der Waals surface area contributed by atoms with Crippen LogP contribution in [0.25, 0.3) is 0 Å². The lowest BCUT2D eigenvalue weighted by atomic mass is 9.88. The molecule has 1 heterocycles. The second kappa shape index (κ2) is 4.13. The Hall–Kier alpha value is -0.830. The molecule has 14 heavy (non-hydrogen) atoms. The van der Waals surface area contributed by atoms with E-state index in [0.717, 1.165) is 13.0 Å². The maximum absolute atomic E-state index is 5.59. The summed E-state index contributed by atoms with van der Waals surface area (Å²) < 4.78 is 2.07. The van der Waals surface area contributed by atoms with Crippen molar-refractivity contribution in [2.75, 3.05) is 6.54 Å². The molecule has 0 aromatic carbocycles. The fourth-order valence-electron chi connectivity index (χ4n) is 1.87. The number of hydrogen-bond donors (Lipinski definition) is 1. The maximum Gasteiger partial charge on any atom is 0.0525 e. The third-order valence-electron chi connectivity index (χ3n) is 2.34. The summed E-state index contributed by atoms with van der Waals surface area (Å²) >= 11 is 0. The van der Waals surface area contributed by atoms with Crippen LogP contribution in [0.5, 0.6) is 0 Å². The Morgan fingerprint density at radius 2 is 2.07 bits per heavy atom. The Morgan fingerprint density at radius 3 is 2.50 bits per heavy atom. The smallest absolute Gasteiger partial charge is 0.0525 e. The van der Waals surface area contributed by atoms with E-state index in [9.17, 15) is 0 Å². The minimum atomic E-state index is 0.150. The van der Waals surface area contributed by atoms with Gasteiger partial charge in [-0.2, -0.15) is 5.10 Å². The van der Waals surface area contributed by atoms with E-state index in [2.05, 4.69) is 37.5 Å². The number of aromatic nitrogens is 2. The van der Waals surface area contributed by atoms with Gasteiger partial charge in [0.1, 0.15) is 0 Å². The van der Waals surface area contributed by atoms with Crippen LogP contribution in [0.2, 0.25) is 0 Å². The van der Waals surface area contributed by atoms with Crippen LogP contribution in [-0.4, -0.2) is 16.3 Å². The van der Waals surface area contributed by atoms with Gasteiger partial charge in [-0.3, -0.25) is 4.68 Å². The van der Waals surface area contributed by atoms with Gasteiger partial charge in [-0.25, -0.2) is 0 Å². The molecule has 0 bridgehead atoms. The molecule has 3 nitrogen and oxygen atoms in total. The highest BCUT2D eigenvalue weighted by atomic mass is 15.3. The average molecular weight is 195 g/mol. The van der Waals surface area contributed by atoms with Crippen molar-refractivity contribution < 1.29 is 0 Å². The van der Waals surface area contributed by atoms with E-state index in [1.807, 2.05) is 6.20 Å². The molecular weight excluding hydrogens is 174 g/mol. The highest BCUT2D eigenvalue weighted by molar-refractivity contribution is 5.25. The van der Waals surface area contributed by atoms with E-state index in [-0.39, 0.29) is 5.41 Å². The zero-order chi connectivity index (χ0) is 10.8. The highest BCUT2D eigenvalue weighted by Crippen LogP contribution is 2.25. The Kier molecular flexibility index (Phi) is 3.32. The zero-order valence-corrected chi connectivity index (χ0v) is 9.67. The van der Waals surface area contributed by atoms with Gasteiger partial charge in [0.05, 0.1) is 6.20 Å². The first-order valence-corrected chi connectivity index (χ1v) is 5.26. The molecule has 1 aromatic rings. The van der Waals surface area contributed by atoms with Gasteiger partial charge >= 0.3 is 0 Å². The molecule has 0 aliphatic heterocycles. The average Bonchev–Trinajstić information content (AvgIpc) is 2.47. The molecule has 1 aromatic heterocycles.